The number of aliphatic hydroxyl groups excluding tert-OH is 1. The molecule has 1 atom stereocenters. The Bertz CT molecular complexity index is 516. The van der Waals surface area contributed by atoms with Crippen molar-refractivity contribution in [3.05, 3.63) is 34.3 Å². The van der Waals surface area contributed by atoms with Crippen LogP contribution in [0.3, 0.4) is 0 Å². The van der Waals surface area contributed by atoms with E-state index in [0.29, 0.717) is 19.4 Å². The molecule has 1 N–H and O–H groups in total. The number of carbonyl (C=O) groups is 1. The Kier molecular flexibility index (Phi) is 5.20. The van der Waals surface area contributed by atoms with E-state index in [1.807, 2.05) is 30.3 Å². The third-order valence-corrected chi connectivity index (χ3v) is 3.98. The molecule has 4 nitrogen and oxygen atoms in total. The molecule has 0 saturated heterocycles. The maximum Gasteiger partial charge on any atom is 0.414 e. The van der Waals surface area contributed by atoms with Crippen molar-refractivity contribution in [2.24, 2.45) is 0 Å². The van der Waals surface area contributed by atoms with Gasteiger partial charge in [-0.3, -0.25) is 4.90 Å². The van der Waals surface area contributed by atoms with Gasteiger partial charge in [-0.15, -0.1) is 0 Å². The monoisotopic (exact) mass is 339 g/mol. The van der Waals surface area contributed by atoms with E-state index in [1.165, 1.54) is 0 Å². The Balaban J connectivity index is 2.38. The van der Waals surface area contributed by atoms with Crippen LogP contribution in [0, 0.1) is 0 Å². The lowest BCUT2D eigenvalue weighted by molar-refractivity contribution is 0.157. The van der Waals surface area contributed by atoms with Gasteiger partial charge in [-0.05, 0) is 37.5 Å². The fraction of sp³-hybridized carbons (Fsp3) is 0.400. The highest BCUT2D eigenvalue weighted by molar-refractivity contribution is 9.11. The molecule has 5 heteroatoms. The number of aliphatic hydroxyl groups is 1. The molecule has 0 aliphatic carbocycles. The number of ether oxygens (including phenoxy) is 1. The standard InChI is InChI=1S/C15H18BrNO3/c1-2-20-15(19)17-13-7-4-3-6-11(13)10-12(16)14(17)8-5-9-18/h3-4,6-7,10,14,18H,2,5,8-9H2,1H3. The Morgan fingerprint density at radius 1 is 1.45 bits per heavy atom. The van der Waals surface area contributed by atoms with Gasteiger partial charge in [0.15, 0.2) is 0 Å². The molecule has 1 heterocycles. The molecule has 1 aromatic carbocycles. The number of carbonyl (C=O) groups excluding carboxylic acids is 1. The summed E-state index contributed by atoms with van der Waals surface area (Å²) in [6.45, 7) is 2.24. The van der Waals surface area contributed by atoms with Gasteiger partial charge in [0.2, 0.25) is 0 Å². The zero-order chi connectivity index (χ0) is 14.5. The smallest absolute Gasteiger partial charge is 0.414 e. The van der Waals surface area contributed by atoms with E-state index in [4.69, 9.17) is 9.84 Å². The summed E-state index contributed by atoms with van der Waals surface area (Å²) in [4.78, 5) is 13.9. The largest absolute Gasteiger partial charge is 0.449 e. The topological polar surface area (TPSA) is 49.8 Å². The number of hydrogen-bond acceptors (Lipinski definition) is 3. The molecule has 1 aliphatic heterocycles. The fourth-order valence-corrected chi connectivity index (χ4v) is 3.02. The Morgan fingerprint density at radius 3 is 2.90 bits per heavy atom. The summed E-state index contributed by atoms with van der Waals surface area (Å²) >= 11 is 3.54. The second-order valence-electron chi connectivity index (χ2n) is 4.54. The van der Waals surface area contributed by atoms with E-state index in [9.17, 15) is 4.79 Å². The van der Waals surface area contributed by atoms with Crippen LogP contribution in [0.1, 0.15) is 25.3 Å². The highest BCUT2D eigenvalue weighted by atomic mass is 79.9. The van der Waals surface area contributed by atoms with Gasteiger partial charge in [-0.2, -0.15) is 0 Å². The van der Waals surface area contributed by atoms with Crippen molar-refractivity contribution in [1.82, 2.24) is 0 Å². The lowest BCUT2D eigenvalue weighted by atomic mass is 10.0. The van der Waals surface area contributed by atoms with E-state index < -0.39 is 0 Å². The maximum absolute atomic E-state index is 12.3. The van der Waals surface area contributed by atoms with E-state index >= 15 is 0 Å². The highest BCUT2D eigenvalue weighted by Crippen LogP contribution is 2.37. The third-order valence-electron chi connectivity index (χ3n) is 3.22. The van der Waals surface area contributed by atoms with Crippen LogP contribution < -0.4 is 4.90 Å². The summed E-state index contributed by atoms with van der Waals surface area (Å²) in [5.74, 6) is 0. The van der Waals surface area contributed by atoms with Crippen LogP contribution in [-0.4, -0.2) is 30.5 Å². The summed E-state index contributed by atoms with van der Waals surface area (Å²) in [6.07, 6.45) is 2.98. The summed E-state index contributed by atoms with van der Waals surface area (Å²) in [7, 11) is 0. The average Bonchev–Trinajstić information content (AvgIpc) is 2.44. The molecule has 0 aromatic heterocycles. The number of rotatable bonds is 4. The van der Waals surface area contributed by atoms with Crippen molar-refractivity contribution in [2.75, 3.05) is 18.1 Å². The molecule has 1 aliphatic rings. The van der Waals surface area contributed by atoms with Crippen LogP contribution in [0.4, 0.5) is 10.5 Å². The molecular weight excluding hydrogens is 322 g/mol. The first-order valence-electron chi connectivity index (χ1n) is 6.72. The number of fused-ring (bicyclic) bond motifs is 1. The van der Waals surface area contributed by atoms with Crippen LogP contribution in [-0.2, 0) is 4.74 Å². The van der Waals surface area contributed by atoms with Crippen LogP contribution >= 0.6 is 15.9 Å². The van der Waals surface area contributed by atoms with Gasteiger partial charge in [-0.1, -0.05) is 34.1 Å². The van der Waals surface area contributed by atoms with Gasteiger partial charge in [0.1, 0.15) is 0 Å². The fourth-order valence-electron chi connectivity index (χ4n) is 2.34. The summed E-state index contributed by atoms with van der Waals surface area (Å²) in [6, 6.07) is 7.59. The second kappa shape index (κ2) is 6.90. The van der Waals surface area contributed by atoms with Crippen molar-refractivity contribution >= 4 is 33.8 Å². The molecule has 0 saturated carbocycles. The molecule has 2 rings (SSSR count). The van der Waals surface area contributed by atoms with Crippen LogP contribution in [0.25, 0.3) is 6.08 Å². The summed E-state index contributed by atoms with van der Waals surface area (Å²) in [5.41, 5.74) is 1.82. The predicted octanol–water partition coefficient (Wildman–Crippen LogP) is 3.54. The van der Waals surface area contributed by atoms with Crippen LogP contribution in [0.15, 0.2) is 28.7 Å². The number of amides is 1. The summed E-state index contributed by atoms with van der Waals surface area (Å²) in [5, 5.41) is 9.04. The zero-order valence-corrected chi connectivity index (χ0v) is 13.0. The Labute approximate surface area is 127 Å². The summed E-state index contributed by atoms with van der Waals surface area (Å²) < 4.78 is 6.10. The Hall–Kier alpha value is -1.33. The first-order valence-corrected chi connectivity index (χ1v) is 7.51. The highest BCUT2D eigenvalue weighted by Gasteiger charge is 2.32. The van der Waals surface area contributed by atoms with E-state index in [0.717, 1.165) is 15.7 Å². The second-order valence-corrected chi connectivity index (χ2v) is 5.45. The normalized spacial score (nSPS) is 17.4. The Morgan fingerprint density at radius 2 is 2.20 bits per heavy atom. The van der Waals surface area contributed by atoms with E-state index in [1.54, 1.807) is 11.8 Å². The van der Waals surface area contributed by atoms with Crippen molar-refractivity contribution in [2.45, 2.75) is 25.8 Å². The van der Waals surface area contributed by atoms with Gasteiger partial charge in [0, 0.05) is 11.1 Å². The number of nitrogens with zero attached hydrogens (tertiary/aromatic N) is 1. The minimum Gasteiger partial charge on any atom is -0.449 e. The first-order chi connectivity index (χ1) is 9.69. The van der Waals surface area contributed by atoms with Gasteiger partial charge >= 0.3 is 6.09 Å². The van der Waals surface area contributed by atoms with Crippen molar-refractivity contribution < 1.29 is 14.6 Å². The van der Waals surface area contributed by atoms with Gasteiger partial charge in [0.25, 0.3) is 0 Å². The van der Waals surface area contributed by atoms with Crippen LogP contribution in [0.5, 0.6) is 0 Å². The SMILES string of the molecule is CCOC(=O)N1c2ccccc2C=C(Br)C1CCCO. The molecular formula is C15H18BrNO3. The number of para-hydroxylation sites is 1. The zero-order valence-electron chi connectivity index (χ0n) is 11.4. The average molecular weight is 340 g/mol. The lowest BCUT2D eigenvalue weighted by Gasteiger charge is -2.35. The molecule has 108 valence electrons. The third kappa shape index (κ3) is 3.04. The van der Waals surface area contributed by atoms with E-state index in [2.05, 4.69) is 15.9 Å². The van der Waals surface area contributed by atoms with Gasteiger partial charge in [-0.25, -0.2) is 4.79 Å². The molecule has 0 bridgehead atoms. The van der Waals surface area contributed by atoms with Gasteiger partial charge in [0.05, 0.1) is 18.3 Å². The number of hydrogen-bond donors (Lipinski definition) is 1. The van der Waals surface area contributed by atoms with Crippen LogP contribution in [0.2, 0.25) is 0 Å². The molecule has 20 heavy (non-hydrogen) atoms. The maximum atomic E-state index is 12.3. The predicted molar refractivity (Wildman–Crippen MR) is 83.0 cm³/mol. The van der Waals surface area contributed by atoms with Gasteiger partial charge < -0.3 is 9.84 Å². The first kappa shape index (κ1) is 15.1. The number of anilines is 1. The minimum absolute atomic E-state index is 0.106. The quantitative estimate of drug-likeness (QED) is 0.912. The molecule has 0 fully saturated rings. The van der Waals surface area contributed by atoms with Crippen molar-refractivity contribution in [1.29, 1.82) is 0 Å². The molecule has 1 amide bonds. The minimum atomic E-state index is -0.354. The number of benzene rings is 1. The number of halogens is 1. The van der Waals surface area contributed by atoms with Crippen molar-refractivity contribution in [3.8, 4) is 0 Å². The van der Waals surface area contributed by atoms with E-state index in [-0.39, 0.29) is 18.7 Å². The molecule has 0 spiro atoms. The molecule has 0 radical (unpaired) electrons. The lowest BCUT2D eigenvalue weighted by Crippen LogP contribution is -2.43. The molecule has 1 unspecified atom stereocenters. The molecule has 1 aromatic rings. The van der Waals surface area contributed by atoms with Crippen molar-refractivity contribution in [3.63, 3.8) is 0 Å².